The molecule has 0 aliphatic rings. The molecule has 24 heavy (non-hydrogen) atoms. The van der Waals surface area contributed by atoms with E-state index in [0.717, 1.165) is 11.4 Å². The van der Waals surface area contributed by atoms with Gasteiger partial charge in [0, 0.05) is 5.69 Å². The molecule has 124 valence electrons. The lowest BCUT2D eigenvalue weighted by molar-refractivity contribution is 0.603. The van der Waals surface area contributed by atoms with Gasteiger partial charge in [-0.15, -0.1) is 11.3 Å². The molecular weight excluding hydrogens is 342 g/mol. The van der Waals surface area contributed by atoms with Crippen LogP contribution in [0.4, 0.5) is 17.2 Å². The van der Waals surface area contributed by atoms with Gasteiger partial charge in [0.05, 0.1) is 11.9 Å². The summed E-state index contributed by atoms with van der Waals surface area (Å²) >= 11 is 1.17. The van der Waals surface area contributed by atoms with E-state index in [9.17, 15) is 8.42 Å². The highest BCUT2D eigenvalue weighted by atomic mass is 32.2. The third-order valence-electron chi connectivity index (χ3n) is 3.65. The summed E-state index contributed by atoms with van der Waals surface area (Å²) in [6.45, 7) is 4.11. The van der Waals surface area contributed by atoms with Crippen LogP contribution < -0.4 is 10.0 Å². The van der Waals surface area contributed by atoms with E-state index in [0.29, 0.717) is 0 Å². The zero-order chi connectivity index (χ0) is 17.2. The van der Waals surface area contributed by atoms with Gasteiger partial charge in [-0.05, 0) is 54.6 Å². The largest absolute Gasteiger partial charge is 0.354 e. The quantitative estimate of drug-likeness (QED) is 0.712. The Labute approximate surface area is 145 Å². The Bertz CT molecular complexity index is 934. The molecule has 1 aromatic carbocycles. The topological polar surface area (TPSA) is 71.1 Å². The highest BCUT2D eigenvalue weighted by Gasteiger charge is 2.15. The molecule has 7 heteroatoms. The minimum atomic E-state index is -3.57. The Kier molecular flexibility index (Phi) is 4.55. The molecule has 0 bridgehead atoms. The van der Waals surface area contributed by atoms with Gasteiger partial charge in [-0.3, -0.25) is 4.72 Å². The third kappa shape index (κ3) is 3.58. The van der Waals surface area contributed by atoms with E-state index in [1.165, 1.54) is 22.5 Å². The average molecular weight is 359 g/mol. The van der Waals surface area contributed by atoms with Gasteiger partial charge in [0.25, 0.3) is 10.0 Å². The molecule has 0 radical (unpaired) electrons. The summed E-state index contributed by atoms with van der Waals surface area (Å²) in [6.07, 6.45) is 1.61. The molecule has 2 N–H and O–H groups in total. The van der Waals surface area contributed by atoms with E-state index < -0.39 is 10.0 Å². The Balaban J connectivity index is 1.75. The van der Waals surface area contributed by atoms with Crippen molar-refractivity contribution in [1.82, 2.24) is 4.98 Å². The number of aromatic nitrogens is 1. The van der Waals surface area contributed by atoms with Gasteiger partial charge in [0.2, 0.25) is 0 Å². The number of rotatable bonds is 5. The van der Waals surface area contributed by atoms with E-state index in [4.69, 9.17) is 0 Å². The molecule has 0 atom stereocenters. The minimum Gasteiger partial charge on any atom is -0.354 e. The summed E-state index contributed by atoms with van der Waals surface area (Å²) in [6, 6.07) is 12.7. The number of hydrogen-bond donors (Lipinski definition) is 2. The normalized spacial score (nSPS) is 11.2. The molecule has 3 rings (SSSR count). The first-order valence-electron chi connectivity index (χ1n) is 7.31. The van der Waals surface area contributed by atoms with E-state index in [1.54, 1.807) is 35.8 Å². The second-order valence-electron chi connectivity index (χ2n) is 5.34. The molecule has 3 aromatic rings. The predicted octanol–water partition coefficient (Wildman–Crippen LogP) is 4.30. The van der Waals surface area contributed by atoms with E-state index in [2.05, 4.69) is 34.9 Å². The van der Waals surface area contributed by atoms with Crippen molar-refractivity contribution in [3.8, 4) is 0 Å². The smallest absolute Gasteiger partial charge is 0.272 e. The van der Waals surface area contributed by atoms with Crippen molar-refractivity contribution in [2.24, 2.45) is 0 Å². The lowest BCUT2D eigenvalue weighted by Gasteiger charge is -2.12. The van der Waals surface area contributed by atoms with Gasteiger partial charge in [-0.25, -0.2) is 13.4 Å². The maximum Gasteiger partial charge on any atom is 0.272 e. The highest BCUT2D eigenvalue weighted by molar-refractivity contribution is 7.94. The summed E-state index contributed by atoms with van der Waals surface area (Å²) in [4.78, 5) is 4.17. The van der Waals surface area contributed by atoms with Crippen molar-refractivity contribution in [1.29, 1.82) is 0 Å². The van der Waals surface area contributed by atoms with Gasteiger partial charge in [-0.2, -0.15) is 0 Å². The molecule has 2 heterocycles. The second kappa shape index (κ2) is 6.62. The average Bonchev–Trinajstić information content (AvgIpc) is 3.09. The molecule has 0 saturated carbocycles. The molecule has 0 fully saturated rings. The monoisotopic (exact) mass is 359 g/mol. The van der Waals surface area contributed by atoms with Crippen LogP contribution in [0.25, 0.3) is 0 Å². The van der Waals surface area contributed by atoms with Crippen LogP contribution in [-0.4, -0.2) is 13.4 Å². The van der Waals surface area contributed by atoms with E-state index >= 15 is 0 Å². The highest BCUT2D eigenvalue weighted by Crippen LogP contribution is 2.24. The van der Waals surface area contributed by atoms with Crippen LogP contribution in [0.1, 0.15) is 11.1 Å². The number of thiophene rings is 1. The Morgan fingerprint density at radius 2 is 1.88 bits per heavy atom. The van der Waals surface area contributed by atoms with Gasteiger partial charge in [0.1, 0.15) is 10.0 Å². The number of anilines is 3. The van der Waals surface area contributed by atoms with Crippen molar-refractivity contribution >= 4 is 38.6 Å². The van der Waals surface area contributed by atoms with Crippen LogP contribution in [0, 0.1) is 13.8 Å². The van der Waals surface area contributed by atoms with Crippen molar-refractivity contribution in [2.45, 2.75) is 18.1 Å². The van der Waals surface area contributed by atoms with Gasteiger partial charge < -0.3 is 5.32 Å². The zero-order valence-corrected chi connectivity index (χ0v) is 14.9. The maximum absolute atomic E-state index is 12.2. The predicted molar refractivity (Wildman–Crippen MR) is 98.6 cm³/mol. The van der Waals surface area contributed by atoms with E-state index in [-0.39, 0.29) is 10.0 Å². The molecule has 2 aromatic heterocycles. The van der Waals surface area contributed by atoms with Gasteiger partial charge >= 0.3 is 0 Å². The molecule has 0 aliphatic heterocycles. The Hall–Kier alpha value is -2.38. The molecular formula is C17H17N3O2S2. The number of nitrogens with one attached hydrogen (secondary N) is 2. The lowest BCUT2D eigenvalue weighted by atomic mass is 10.1. The van der Waals surface area contributed by atoms with Gasteiger partial charge in [-0.1, -0.05) is 18.2 Å². The first kappa shape index (κ1) is 16.5. The first-order chi connectivity index (χ1) is 11.5. The fraction of sp³-hybridized carbons (Fsp3) is 0.118. The summed E-state index contributed by atoms with van der Waals surface area (Å²) in [5, 5.41) is 5.01. The van der Waals surface area contributed by atoms with Crippen LogP contribution in [0.15, 0.2) is 58.3 Å². The summed E-state index contributed by atoms with van der Waals surface area (Å²) < 4.78 is 27.1. The SMILES string of the molecule is Cc1cccc(Nc2ccc(NS(=O)(=O)c3cccs3)nc2)c1C. The number of benzene rings is 1. The summed E-state index contributed by atoms with van der Waals surface area (Å²) in [5.41, 5.74) is 4.17. The van der Waals surface area contributed by atoms with Crippen molar-refractivity contribution < 1.29 is 8.42 Å². The fourth-order valence-corrected chi connectivity index (χ4v) is 4.18. The Morgan fingerprint density at radius 1 is 1.04 bits per heavy atom. The van der Waals surface area contributed by atoms with Crippen molar-refractivity contribution in [3.05, 3.63) is 65.2 Å². The third-order valence-corrected chi connectivity index (χ3v) is 6.40. The molecule has 5 nitrogen and oxygen atoms in total. The fourth-order valence-electron chi connectivity index (χ4n) is 2.17. The minimum absolute atomic E-state index is 0.266. The molecule has 0 amide bonds. The summed E-state index contributed by atoms with van der Waals surface area (Å²) in [7, 11) is -3.57. The molecule has 0 aliphatic carbocycles. The number of pyridine rings is 1. The van der Waals surface area contributed by atoms with Gasteiger partial charge in [0.15, 0.2) is 0 Å². The van der Waals surface area contributed by atoms with Crippen LogP contribution >= 0.6 is 11.3 Å². The van der Waals surface area contributed by atoms with Crippen LogP contribution in [0.5, 0.6) is 0 Å². The second-order valence-corrected chi connectivity index (χ2v) is 8.20. The Morgan fingerprint density at radius 3 is 2.54 bits per heavy atom. The van der Waals surface area contributed by atoms with Crippen LogP contribution in [-0.2, 0) is 10.0 Å². The van der Waals surface area contributed by atoms with E-state index in [1.807, 2.05) is 12.1 Å². The number of aryl methyl sites for hydroxylation is 1. The standard InChI is InChI=1S/C17H17N3O2S2/c1-12-5-3-6-15(13(12)2)19-14-8-9-16(18-11-14)20-24(21,22)17-7-4-10-23-17/h3-11,19H,1-2H3,(H,18,20). The van der Waals surface area contributed by atoms with Crippen molar-refractivity contribution in [3.63, 3.8) is 0 Å². The molecule has 0 saturated heterocycles. The van der Waals surface area contributed by atoms with Crippen LogP contribution in [0.3, 0.4) is 0 Å². The molecule has 0 unspecified atom stereocenters. The van der Waals surface area contributed by atoms with Crippen molar-refractivity contribution in [2.75, 3.05) is 10.0 Å². The number of nitrogens with zero attached hydrogens (tertiary/aromatic N) is 1. The molecule has 0 spiro atoms. The lowest BCUT2D eigenvalue weighted by Crippen LogP contribution is -2.12. The maximum atomic E-state index is 12.2. The number of sulfonamides is 1. The summed E-state index contributed by atoms with van der Waals surface area (Å²) in [5.74, 6) is 0.287. The number of hydrogen-bond acceptors (Lipinski definition) is 5. The van der Waals surface area contributed by atoms with Crippen LogP contribution in [0.2, 0.25) is 0 Å². The zero-order valence-electron chi connectivity index (χ0n) is 13.3. The first-order valence-corrected chi connectivity index (χ1v) is 9.67.